The summed E-state index contributed by atoms with van der Waals surface area (Å²) in [6.45, 7) is 2.40. The quantitative estimate of drug-likeness (QED) is 0.877. The molecule has 0 radical (unpaired) electrons. The van der Waals surface area contributed by atoms with Crippen LogP contribution in [0.5, 0.6) is 0 Å². The molecule has 1 aromatic carbocycles. The zero-order valence-corrected chi connectivity index (χ0v) is 13.0. The summed E-state index contributed by atoms with van der Waals surface area (Å²) in [5.41, 5.74) is 0.420. The van der Waals surface area contributed by atoms with E-state index in [2.05, 4.69) is 11.6 Å². The number of benzene rings is 1. The third kappa shape index (κ3) is 3.73. The van der Waals surface area contributed by atoms with Crippen molar-refractivity contribution in [2.24, 2.45) is 11.8 Å². The number of sulfonamides is 1. The Labute approximate surface area is 125 Å². The van der Waals surface area contributed by atoms with E-state index in [1.165, 1.54) is 24.6 Å². The Morgan fingerprint density at radius 2 is 2.15 bits per heavy atom. The van der Waals surface area contributed by atoms with E-state index in [4.69, 9.17) is 16.7 Å². The average molecular weight is 318 g/mol. The van der Waals surface area contributed by atoms with Crippen LogP contribution in [-0.4, -0.2) is 20.1 Å². The molecule has 1 aliphatic rings. The average Bonchev–Trinajstić information content (AvgIpc) is 2.83. The van der Waals surface area contributed by atoms with Crippen molar-refractivity contribution in [1.82, 2.24) is 4.72 Å². The van der Waals surface area contributed by atoms with Crippen LogP contribution < -0.4 is 4.72 Å². The molecule has 0 aliphatic heterocycles. The summed E-state index contributed by atoms with van der Waals surface area (Å²) in [4.78, 5) is 0.150. The topological polar surface area (TPSA) is 66.4 Å². The molecule has 0 saturated heterocycles. The number of halogens is 1. The maximum atomic E-state index is 12.2. The van der Waals surface area contributed by atoms with Crippen molar-refractivity contribution < 1.29 is 13.5 Å². The van der Waals surface area contributed by atoms with Crippen molar-refractivity contribution in [2.45, 2.75) is 37.7 Å². The van der Waals surface area contributed by atoms with Crippen LogP contribution in [0.1, 0.15) is 31.7 Å². The molecule has 2 rings (SSSR count). The van der Waals surface area contributed by atoms with E-state index in [-0.39, 0.29) is 11.5 Å². The fourth-order valence-corrected chi connectivity index (χ4v) is 4.00. The first-order valence-electron chi connectivity index (χ1n) is 6.81. The van der Waals surface area contributed by atoms with Gasteiger partial charge < -0.3 is 5.11 Å². The lowest BCUT2D eigenvalue weighted by atomic mass is 10.1. The van der Waals surface area contributed by atoms with E-state index in [9.17, 15) is 8.42 Å². The smallest absolute Gasteiger partial charge is 0.240 e. The van der Waals surface area contributed by atoms with Crippen molar-refractivity contribution in [3.05, 3.63) is 28.8 Å². The SMILES string of the molecule is CC1CCC(CNS(=O)(=O)c2ccc(Cl)c(CO)c2)C1. The van der Waals surface area contributed by atoms with Gasteiger partial charge in [-0.3, -0.25) is 0 Å². The molecule has 2 unspecified atom stereocenters. The Kier molecular flexibility index (Phi) is 5.07. The lowest BCUT2D eigenvalue weighted by Crippen LogP contribution is -2.28. The van der Waals surface area contributed by atoms with Gasteiger partial charge >= 0.3 is 0 Å². The second-order valence-electron chi connectivity index (χ2n) is 5.55. The van der Waals surface area contributed by atoms with Crippen LogP contribution in [0.4, 0.5) is 0 Å². The minimum atomic E-state index is -3.53. The van der Waals surface area contributed by atoms with E-state index < -0.39 is 10.0 Å². The molecule has 2 atom stereocenters. The van der Waals surface area contributed by atoms with Crippen molar-refractivity contribution >= 4 is 21.6 Å². The largest absolute Gasteiger partial charge is 0.392 e. The van der Waals surface area contributed by atoms with Gasteiger partial charge in [0.25, 0.3) is 0 Å². The highest BCUT2D eigenvalue weighted by molar-refractivity contribution is 7.89. The van der Waals surface area contributed by atoms with Crippen LogP contribution in [0.15, 0.2) is 23.1 Å². The molecule has 20 heavy (non-hydrogen) atoms. The monoisotopic (exact) mass is 317 g/mol. The first kappa shape index (κ1) is 15.8. The number of hydrogen-bond donors (Lipinski definition) is 2. The number of hydrogen-bond acceptors (Lipinski definition) is 3. The second kappa shape index (κ2) is 6.43. The molecule has 112 valence electrons. The predicted octanol–water partition coefficient (Wildman–Crippen LogP) is 2.55. The Bertz CT molecular complexity index is 574. The fourth-order valence-electron chi connectivity index (χ4n) is 2.66. The van der Waals surface area contributed by atoms with Gasteiger partial charge in [0, 0.05) is 11.6 Å². The minimum Gasteiger partial charge on any atom is -0.392 e. The summed E-state index contributed by atoms with van der Waals surface area (Å²) < 4.78 is 27.1. The van der Waals surface area contributed by atoms with Crippen molar-refractivity contribution in [1.29, 1.82) is 0 Å². The molecule has 0 bridgehead atoms. The number of aliphatic hydroxyl groups excluding tert-OH is 1. The highest BCUT2D eigenvalue weighted by atomic mass is 35.5. The molecule has 1 aliphatic carbocycles. The number of aliphatic hydroxyl groups is 1. The van der Waals surface area contributed by atoms with Gasteiger partial charge in [-0.25, -0.2) is 13.1 Å². The van der Waals surface area contributed by atoms with E-state index in [0.717, 1.165) is 12.8 Å². The predicted molar refractivity (Wildman–Crippen MR) is 79.1 cm³/mol. The van der Waals surface area contributed by atoms with Gasteiger partial charge in [0.2, 0.25) is 10.0 Å². The van der Waals surface area contributed by atoms with Crippen LogP contribution in [-0.2, 0) is 16.6 Å². The van der Waals surface area contributed by atoms with Gasteiger partial charge in [0.1, 0.15) is 0 Å². The van der Waals surface area contributed by atoms with Crippen molar-refractivity contribution in [3.63, 3.8) is 0 Å². The summed E-state index contributed by atoms with van der Waals surface area (Å²) in [6, 6.07) is 4.38. The Morgan fingerprint density at radius 3 is 2.75 bits per heavy atom. The lowest BCUT2D eigenvalue weighted by Gasteiger charge is -2.12. The minimum absolute atomic E-state index is 0.150. The van der Waals surface area contributed by atoms with E-state index in [1.54, 1.807) is 0 Å². The zero-order valence-electron chi connectivity index (χ0n) is 11.5. The van der Waals surface area contributed by atoms with Crippen LogP contribution in [0, 0.1) is 11.8 Å². The third-order valence-electron chi connectivity index (χ3n) is 3.86. The third-order valence-corrected chi connectivity index (χ3v) is 5.65. The maximum absolute atomic E-state index is 12.2. The molecule has 0 amide bonds. The molecule has 1 saturated carbocycles. The zero-order chi connectivity index (χ0) is 14.8. The van der Waals surface area contributed by atoms with Crippen LogP contribution in [0.25, 0.3) is 0 Å². The maximum Gasteiger partial charge on any atom is 0.240 e. The summed E-state index contributed by atoms with van der Waals surface area (Å²) in [5.74, 6) is 1.10. The normalized spacial score (nSPS) is 23.1. The van der Waals surface area contributed by atoms with Crippen LogP contribution in [0.2, 0.25) is 5.02 Å². The molecule has 6 heteroatoms. The van der Waals surface area contributed by atoms with Gasteiger partial charge in [-0.15, -0.1) is 0 Å². The van der Waals surface area contributed by atoms with Crippen molar-refractivity contribution in [3.8, 4) is 0 Å². The molecule has 1 aromatic rings. The Hall–Kier alpha value is -0.620. The van der Waals surface area contributed by atoms with Gasteiger partial charge in [-0.2, -0.15) is 0 Å². The van der Waals surface area contributed by atoms with Crippen molar-refractivity contribution in [2.75, 3.05) is 6.54 Å². The molecule has 4 nitrogen and oxygen atoms in total. The molecule has 0 spiro atoms. The summed E-state index contributed by atoms with van der Waals surface area (Å²) in [7, 11) is -3.53. The van der Waals surface area contributed by atoms with E-state index in [0.29, 0.717) is 29.0 Å². The molecule has 0 heterocycles. The fraction of sp³-hybridized carbons (Fsp3) is 0.571. The van der Waals surface area contributed by atoms with E-state index in [1.807, 2.05) is 0 Å². The highest BCUT2D eigenvalue weighted by Crippen LogP contribution is 2.30. The van der Waals surface area contributed by atoms with E-state index >= 15 is 0 Å². The number of rotatable bonds is 5. The first-order valence-corrected chi connectivity index (χ1v) is 8.67. The van der Waals surface area contributed by atoms with Gasteiger partial charge in [0.05, 0.1) is 11.5 Å². The van der Waals surface area contributed by atoms with Gasteiger partial charge in [-0.1, -0.05) is 24.9 Å². The summed E-state index contributed by atoms with van der Waals surface area (Å²) >= 11 is 5.87. The second-order valence-corrected chi connectivity index (χ2v) is 7.72. The van der Waals surface area contributed by atoms with Crippen LogP contribution >= 0.6 is 11.6 Å². The first-order chi connectivity index (χ1) is 9.42. The summed E-state index contributed by atoms with van der Waals surface area (Å²) in [5, 5.41) is 9.51. The highest BCUT2D eigenvalue weighted by Gasteiger charge is 2.23. The van der Waals surface area contributed by atoms with Gasteiger partial charge in [-0.05, 0) is 48.4 Å². The number of nitrogens with one attached hydrogen (secondary N) is 1. The molecule has 2 N–H and O–H groups in total. The molecule has 1 fully saturated rings. The van der Waals surface area contributed by atoms with Gasteiger partial charge in [0.15, 0.2) is 0 Å². The molecular weight excluding hydrogens is 298 g/mol. The molecular formula is C14H20ClNO3S. The lowest BCUT2D eigenvalue weighted by molar-refractivity contribution is 0.281. The summed E-state index contributed by atoms with van der Waals surface area (Å²) in [6.07, 6.45) is 3.32. The Morgan fingerprint density at radius 1 is 1.40 bits per heavy atom. The standard InChI is InChI=1S/C14H20ClNO3S/c1-10-2-3-11(6-10)8-16-20(18,19)13-4-5-14(15)12(7-13)9-17/h4-5,7,10-11,16-17H,2-3,6,8-9H2,1H3. The molecule has 0 aromatic heterocycles. The Balaban J connectivity index is 2.06. The van der Waals surface area contributed by atoms with Crippen LogP contribution in [0.3, 0.4) is 0 Å².